The molecule has 122 valence electrons. The van der Waals surface area contributed by atoms with Gasteiger partial charge >= 0.3 is 0 Å². The Balaban J connectivity index is 0.00000176. The predicted molar refractivity (Wildman–Crippen MR) is 93.5 cm³/mol. The molecule has 1 aliphatic heterocycles. The first kappa shape index (κ1) is 17.3. The molecule has 1 amide bonds. The van der Waals surface area contributed by atoms with E-state index in [4.69, 9.17) is 0 Å². The molecular weight excluding hydrogens is 296 g/mol. The summed E-state index contributed by atoms with van der Waals surface area (Å²) in [5, 5.41) is 6.44. The third-order valence-corrected chi connectivity index (χ3v) is 4.88. The molecule has 0 aromatic heterocycles. The lowest BCUT2D eigenvalue weighted by atomic mass is 9.86. The molecule has 0 atom stereocenters. The Labute approximate surface area is 139 Å². The monoisotopic (exact) mass is 322 g/mol. The van der Waals surface area contributed by atoms with Crippen molar-refractivity contribution in [3.05, 3.63) is 29.3 Å². The molecule has 22 heavy (non-hydrogen) atoms. The minimum absolute atomic E-state index is 0. The van der Waals surface area contributed by atoms with Crippen molar-refractivity contribution in [2.24, 2.45) is 5.92 Å². The highest BCUT2D eigenvalue weighted by Crippen LogP contribution is 2.27. The van der Waals surface area contributed by atoms with E-state index < -0.39 is 0 Å². The first-order chi connectivity index (χ1) is 10.3. The number of anilines is 1. The average molecular weight is 323 g/mol. The molecule has 0 spiro atoms. The van der Waals surface area contributed by atoms with Gasteiger partial charge in [0.2, 0.25) is 5.91 Å². The van der Waals surface area contributed by atoms with Crippen LogP contribution in [0.25, 0.3) is 0 Å². The van der Waals surface area contributed by atoms with Crippen molar-refractivity contribution in [1.29, 1.82) is 0 Å². The van der Waals surface area contributed by atoms with Gasteiger partial charge in [-0.2, -0.15) is 0 Å². The van der Waals surface area contributed by atoms with E-state index in [1.807, 2.05) is 6.07 Å². The smallest absolute Gasteiger partial charge is 0.224 e. The summed E-state index contributed by atoms with van der Waals surface area (Å²) in [4.78, 5) is 12.1. The van der Waals surface area contributed by atoms with Crippen LogP contribution in [0.4, 0.5) is 5.69 Å². The van der Waals surface area contributed by atoms with Gasteiger partial charge in [0.25, 0.3) is 0 Å². The molecule has 1 fully saturated rings. The van der Waals surface area contributed by atoms with E-state index in [0.29, 0.717) is 6.42 Å². The molecule has 3 nitrogen and oxygen atoms in total. The molecule has 2 N–H and O–H groups in total. The van der Waals surface area contributed by atoms with Crippen molar-refractivity contribution >= 4 is 24.0 Å². The van der Waals surface area contributed by atoms with Gasteiger partial charge in [-0.1, -0.05) is 38.2 Å². The Kier molecular flexibility index (Phi) is 6.71. The molecule has 1 aromatic carbocycles. The fourth-order valence-corrected chi connectivity index (χ4v) is 3.59. The van der Waals surface area contributed by atoms with E-state index in [1.165, 1.54) is 43.2 Å². The van der Waals surface area contributed by atoms with Crippen LogP contribution in [0.3, 0.4) is 0 Å². The Morgan fingerprint density at radius 1 is 1.18 bits per heavy atom. The number of nitrogens with one attached hydrogen (secondary N) is 2. The zero-order chi connectivity index (χ0) is 14.5. The maximum atomic E-state index is 12.1. The van der Waals surface area contributed by atoms with Crippen LogP contribution in [0.15, 0.2) is 18.2 Å². The Morgan fingerprint density at radius 2 is 2.00 bits per heavy atom. The molecule has 1 saturated carbocycles. The van der Waals surface area contributed by atoms with Gasteiger partial charge in [0, 0.05) is 18.7 Å². The molecule has 1 aliphatic carbocycles. The first-order valence-electron chi connectivity index (χ1n) is 8.43. The number of carbonyl (C=O) groups excluding carboxylic acids is 1. The van der Waals surface area contributed by atoms with Crippen LogP contribution < -0.4 is 10.6 Å². The molecular formula is C18H27ClN2O. The summed E-state index contributed by atoms with van der Waals surface area (Å²) in [5.74, 6) is 0.946. The quantitative estimate of drug-likeness (QED) is 0.878. The van der Waals surface area contributed by atoms with Gasteiger partial charge < -0.3 is 10.6 Å². The van der Waals surface area contributed by atoms with Crippen molar-refractivity contribution in [1.82, 2.24) is 5.32 Å². The highest BCUT2D eigenvalue weighted by atomic mass is 35.5. The zero-order valence-electron chi connectivity index (χ0n) is 13.2. The topological polar surface area (TPSA) is 41.1 Å². The lowest BCUT2D eigenvalue weighted by Crippen LogP contribution is -2.23. The van der Waals surface area contributed by atoms with Crippen molar-refractivity contribution in [2.75, 3.05) is 11.9 Å². The van der Waals surface area contributed by atoms with Crippen LogP contribution in [-0.4, -0.2) is 12.5 Å². The van der Waals surface area contributed by atoms with Gasteiger partial charge in [0.1, 0.15) is 0 Å². The fourth-order valence-electron chi connectivity index (χ4n) is 3.59. The molecule has 4 heteroatoms. The summed E-state index contributed by atoms with van der Waals surface area (Å²) < 4.78 is 0. The second kappa shape index (κ2) is 8.54. The van der Waals surface area contributed by atoms with Crippen molar-refractivity contribution < 1.29 is 4.79 Å². The lowest BCUT2D eigenvalue weighted by Gasteiger charge is -2.21. The van der Waals surface area contributed by atoms with Gasteiger partial charge in [0.15, 0.2) is 0 Å². The number of rotatable bonds is 4. The Hall–Kier alpha value is -1.06. The SMILES string of the molecule is Cl.O=C(CCC1CCCCC1)Nc1ccc2c(c1)CNCC2. The van der Waals surface area contributed by atoms with Crippen LogP contribution in [0.1, 0.15) is 56.1 Å². The highest BCUT2D eigenvalue weighted by Gasteiger charge is 2.15. The zero-order valence-corrected chi connectivity index (χ0v) is 14.0. The number of hydrogen-bond acceptors (Lipinski definition) is 2. The molecule has 3 rings (SSSR count). The Bertz CT molecular complexity index is 498. The van der Waals surface area contributed by atoms with E-state index in [2.05, 4.69) is 22.8 Å². The molecule has 0 unspecified atom stereocenters. The van der Waals surface area contributed by atoms with Gasteiger partial charge in [-0.05, 0) is 48.6 Å². The van der Waals surface area contributed by atoms with Crippen molar-refractivity contribution in [3.63, 3.8) is 0 Å². The molecule has 2 aliphatic rings. The van der Waals surface area contributed by atoms with E-state index in [0.717, 1.165) is 37.5 Å². The molecule has 0 saturated heterocycles. The highest BCUT2D eigenvalue weighted by molar-refractivity contribution is 5.90. The molecule has 1 heterocycles. The van der Waals surface area contributed by atoms with E-state index in [9.17, 15) is 4.79 Å². The lowest BCUT2D eigenvalue weighted by molar-refractivity contribution is -0.116. The predicted octanol–water partition coefficient (Wildman–Crippen LogP) is 4.05. The second-order valence-electron chi connectivity index (χ2n) is 6.50. The number of benzene rings is 1. The number of amides is 1. The number of halogens is 1. The molecule has 1 aromatic rings. The van der Waals surface area contributed by atoms with Gasteiger partial charge in [-0.3, -0.25) is 4.79 Å². The van der Waals surface area contributed by atoms with E-state index in [1.54, 1.807) is 0 Å². The minimum Gasteiger partial charge on any atom is -0.326 e. The van der Waals surface area contributed by atoms with Gasteiger partial charge in [0.05, 0.1) is 0 Å². The largest absolute Gasteiger partial charge is 0.326 e. The van der Waals surface area contributed by atoms with Crippen LogP contribution in [-0.2, 0) is 17.8 Å². The van der Waals surface area contributed by atoms with E-state index in [-0.39, 0.29) is 18.3 Å². The molecule has 0 radical (unpaired) electrons. The number of carbonyl (C=O) groups is 1. The van der Waals surface area contributed by atoms with E-state index >= 15 is 0 Å². The van der Waals surface area contributed by atoms with Gasteiger partial charge in [-0.15, -0.1) is 12.4 Å². The molecule has 0 bridgehead atoms. The fraction of sp³-hybridized carbons (Fsp3) is 0.611. The normalized spacial score (nSPS) is 18.2. The maximum Gasteiger partial charge on any atom is 0.224 e. The van der Waals surface area contributed by atoms with Crippen molar-refractivity contribution in [2.45, 2.75) is 57.9 Å². The van der Waals surface area contributed by atoms with Gasteiger partial charge in [-0.25, -0.2) is 0 Å². The standard InChI is InChI=1S/C18H26N2O.ClH/c21-18(9-6-14-4-2-1-3-5-14)20-17-8-7-15-10-11-19-13-16(15)12-17;/h7-8,12,14,19H,1-6,9-11,13H2,(H,20,21);1H. The minimum atomic E-state index is 0. The summed E-state index contributed by atoms with van der Waals surface area (Å²) in [5.41, 5.74) is 3.69. The van der Waals surface area contributed by atoms with Crippen LogP contribution >= 0.6 is 12.4 Å². The van der Waals surface area contributed by atoms with Crippen LogP contribution in [0, 0.1) is 5.92 Å². The first-order valence-corrected chi connectivity index (χ1v) is 8.43. The summed E-state index contributed by atoms with van der Waals surface area (Å²) in [7, 11) is 0. The maximum absolute atomic E-state index is 12.1. The Morgan fingerprint density at radius 3 is 2.82 bits per heavy atom. The third kappa shape index (κ3) is 4.72. The second-order valence-corrected chi connectivity index (χ2v) is 6.50. The van der Waals surface area contributed by atoms with Crippen molar-refractivity contribution in [3.8, 4) is 0 Å². The number of fused-ring (bicyclic) bond motifs is 1. The van der Waals surface area contributed by atoms with Crippen LogP contribution in [0.2, 0.25) is 0 Å². The average Bonchev–Trinajstić information content (AvgIpc) is 2.54. The summed E-state index contributed by atoms with van der Waals surface area (Å²) in [6, 6.07) is 6.33. The third-order valence-electron chi connectivity index (χ3n) is 4.88. The summed E-state index contributed by atoms with van der Waals surface area (Å²) in [6.45, 7) is 1.97. The summed E-state index contributed by atoms with van der Waals surface area (Å²) in [6.07, 6.45) is 9.53. The number of hydrogen-bond donors (Lipinski definition) is 2. The summed E-state index contributed by atoms with van der Waals surface area (Å²) >= 11 is 0. The van der Waals surface area contributed by atoms with Crippen LogP contribution in [0.5, 0.6) is 0 Å².